The lowest BCUT2D eigenvalue weighted by Crippen LogP contribution is -2.54. The summed E-state index contributed by atoms with van der Waals surface area (Å²) >= 11 is 0. The largest absolute Gasteiger partial charge is 0.315 e. The molecule has 1 rings (SSSR count). The molecule has 0 bridgehead atoms. The minimum atomic E-state index is -2.99. The summed E-state index contributed by atoms with van der Waals surface area (Å²) in [6, 6.07) is 0.0836. The minimum Gasteiger partial charge on any atom is -0.315 e. The highest BCUT2D eigenvalue weighted by Crippen LogP contribution is 2.38. The van der Waals surface area contributed by atoms with Crippen LogP contribution in [0.25, 0.3) is 0 Å². The first-order valence-electron chi connectivity index (χ1n) is 7.13. The molecule has 1 saturated carbocycles. The molecule has 0 spiro atoms. The SMILES string of the molecule is CCC(C)CS(=O)(=O)C1CCCC(C)(C)C1NC. The molecule has 1 fully saturated rings. The van der Waals surface area contributed by atoms with E-state index in [1.54, 1.807) is 0 Å². The van der Waals surface area contributed by atoms with Crippen LogP contribution in [0.2, 0.25) is 0 Å². The second-order valence-electron chi connectivity index (χ2n) is 6.53. The van der Waals surface area contributed by atoms with Gasteiger partial charge in [-0.15, -0.1) is 0 Å². The van der Waals surface area contributed by atoms with E-state index in [-0.39, 0.29) is 22.6 Å². The third-order valence-electron chi connectivity index (χ3n) is 4.51. The lowest BCUT2D eigenvalue weighted by Gasteiger charge is -2.43. The summed E-state index contributed by atoms with van der Waals surface area (Å²) in [7, 11) is -1.10. The summed E-state index contributed by atoms with van der Waals surface area (Å²) in [5, 5.41) is 3.05. The van der Waals surface area contributed by atoms with Gasteiger partial charge >= 0.3 is 0 Å². The van der Waals surface area contributed by atoms with Crippen LogP contribution in [0, 0.1) is 11.3 Å². The maximum atomic E-state index is 12.6. The van der Waals surface area contributed by atoms with Crippen LogP contribution >= 0.6 is 0 Å². The molecule has 3 atom stereocenters. The summed E-state index contributed by atoms with van der Waals surface area (Å²) in [4.78, 5) is 0. The zero-order chi connectivity index (χ0) is 14.0. The van der Waals surface area contributed by atoms with Crippen LogP contribution in [0.3, 0.4) is 0 Å². The Morgan fingerprint density at radius 3 is 2.50 bits per heavy atom. The van der Waals surface area contributed by atoms with Crippen LogP contribution in [-0.4, -0.2) is 32.5 Å². The molecule has 3 unspecified atom stereocenters. The van der Waals surface area contributed by atoms with E-state index in [1.807, 2.05) is 14.0 Å². The Morgan fingerprint density at radius 1 is 1.39 bits per heavy atom. The van der Waals surface area contributed by atoms with Crippen LogP contribution in [0.1, 0.15) is 53.4 Å². The Labute approximate surface area is 113 Å². The molecule has 0 aromatic heterocycles. The van der Waals surface area contributed by atoms with Crippen molar-refractivity contribution >= 4 is 9.84 Å². The zero-order valence-corrected chi connectivity index (χ0v) is 13.3. The molecule has 1 aliphatic rings. The van der Waals surface area contributed by atoms with E-state index < -0.39 is 9.84 Å². The number of nitrogens with one attached hydrogen (secondary N) is 1. The average Bonchev–Trinajstić information content (AvgIpc) is 2.26. The van der Waals surface area contributed by atoms with Crippen LogP contribution in [0.4, 0.5) is 0 Å². The number of sulfone groups is 1. The van der Waals surface area contributed by atoms with Crippen molar-refractivity contribution in [2.75, 3.05) is 12.8 Å². The Bertz CT molecular complexity index is 362. The Morgan fingerprint density at radius 2 is 2.00 bits per heavy atom. The van der Waals surface area contributed by atoms with Crippen molar-refractivity contribution < 1.29 is 8.42 Å². The molecule has 0 aromatic rings. The van der Waals surface area contributed by atoms with Crippen molar-refractivity contribution in [1.82, 2.24) is 5.32 Å². The number of hydrogen-bond acceptors (Lipinski definition) is 3. The zero-order valence-electron chi connectivity index (χ0n) is 12.5. The van der Waals surface area contributed by atoms with Gasteiger partial charge in [0.2, 0.25) is 0 Å². The molecule has 4 heteroatoms. The first-order valence-corrected chi connectivity index (χ1v) is 8.85. The van der Waals surface area contributed by atoms with Gasteiger partial charge in [-0.25, -0.2) is 8.42 Å². The van der Waals surface area contributed by atoms with Crippen LogP contribution < -0.4 is 5.32 Å². The highest BCUT2D eigenvalue weighted by atomic mass is 32.2. The van der Waals surface area contributed by atoms with Gasteiger partial charge in [0.25, 0.3) is 0 Å². The lowest BCUT2D eigenvalue weighted by molar-refractivity contribution is 0.178. The van der Waals surface area contributed by atoms with Gasteiger partial charge in [0.15, 0.2) is 9.84 Å². The number of rotatable bonds is 5. The standard InChI is InChI=1S/C14H29NO2S/c1-6-11(2)10-18(16,17)12-8-7-9-14(3,4)13(12)15-5/h11-13,15H,6-10H2,1-5H3. The minimum absolute atomic E-state index is 0.0696. The van der Waals surface area contributed by atoms with E-state index in [4.69, 9.17) is 0 Å². The lowest BCUT2D eigenvalue weighted by atomic mass is 9.73. The van der Waals surface area contributed by atoms with Crippen molar-refractivity contribution in [2.45, 2.75) is 64.7 Å². The molecule has 0 aliphatic heterocycles. The summed E-state index contributed by atoms with van der Waals surface area (Å²) in [6.45, 7) is 8.44. The average molecular weight is 275 g/mol. The molecule has 0 amide bonds. The van der Waals surface area contributed by atoms with Gasteiger partial charge in [-0.2, -0.15) is 0 Å². The summed E-state index contributed by atoms with van der Waals surface area (Å²) in [6.07, 6.45) is 3.87. The van der Waals surface area contributed by atoms with Gasteiger partial charge in [0.05, 0.1) is 11.0 Å². The maximum absolute atomic E-state index is 12.6. The third-order valence-corrected chi connectivity index (χ3v) is 6.97. The van der Waals surface area contributed by atoms with E-state index >= 15 is 0 Å². The van der Waals surface area contributed by atoms with Crippen molar-refractivity contribution in [3.05, 3.63) is 0 Å². The maximum Gasteiger partial charge on any atom is 0.154 e. The second-order valence-corrected chi connectivity index (χ2v) is 8.79. The smallest absolute Gasteiger partial charge is 0.154 e. The quantitative estimate of drug-likeness (QED) is 0.839. The number of hydrogen-bond donors (Lipinski definition) is 1. The molecular weight excluding hydrogens is 246 g/mol. The van der Waals surface area contributed by atoms with E-state index in [2.05, 4.69) is 26.1 Å². The molecule has 0 saturated heterocycles. The predicted molar refractivity (Wildman–Crippen MR) is 77.5 cm³/mol. The molecule has 3 nitrogen and oxygen atoms in total. The Balaban J connectivity index is 2.92. The van der Waals surface area contributed by atoms with Crippen molar-refractivity contribution in [1.29, 1.82) is 0 Å². The first-order chi connectivity index (χ1) is 8.24. The Kier molecular flexibility index (Phi) is 5.24. The molecular formula is C14H29NO2S. The van der Waals surface area contributed by atoms with Crippen molar-refractivity contribution in [2.24, 2.45) is 11.3 Å². The molecule has 1 N–H and O–H groups in total. The fourth-order valence-corrected chi connectivity index (χ4v) is 5.91. The van der Waals surface area contributed by atoms with E-state index in [0.717, 1.165) is 25.7 Å². The molecule has 0 radical (unpaired) electrons. The van der Waals surface area contributed by atoms with Gasteiger partial charge in [-0.3, -0.25) is 0 Å². The van der Waals surface area contributed by atoms with Gasteiger partial charge in [-0.1, -0.05) is 40.5 Å². The third kappa shape index (κ3) is 3.47. The fraction of sp³-hybridized carbons (Fsp3) is 1.00. The molecule has 18 heavy (non-hydrogen) atoms. The van der Waals surface area contributed by atoms with Gasteiger partial charge < -0.3 is 5.32 Å². The topological polar surface area (TPSA) is 46.2 Å². The van der Waals surface area contributed by atoms with Crippen molar-refractivity contribution in [3.8, 4) is 0 Å². The van der Waals surface area contributed by atoms with E-state index in [9.17, 15) is 8.42 Å². The molecule has 0 heterocycles. The summed E-state index contributed by atoms with van der Waals surface area (Å²) < 4.78 is 25.1. The van der Waals surface area contributed by atoms with Gasteiger partial charge in [0, 0.05) is 6.04 Å². The summed E-state index contributed by atoms with van der Waals surface area (Å²) in [5.41, 5.74) is 0.0696. The Hall–Kier alpha value is -0.0900. The van der Waals surface area contributed by atoms with Crippen LogP contribution in [0.5, 0.6) is 0 Å². The van der Waals surface area contributed by atoms with Gasteiger partial charge in [0.1, 0.15) is 0 Å². The molecule has 1 aliphatic carbocycles. The van der Waals surface area contributed by atoms with E-state index in [0.29, 0.717) is 5.75 Å². The molecule has 108 valence electrons. The normalized spacial score (nSPS) is 30.1. The van der Waals surface area contributed by atoms with Gasteiger partial charge in [-0.05, 0) is 31.2 Å². The van der Waals surface area contributed by atoms with Crippen LogP contribution in [-0.2, 0) is 9.84 Å². The second kappa shape index (κ2) is 5.91. The van der Waals surface area contributed by atoms with Crippen molar-refractivity contribution in [3.63, 3.8) is 0 Å². The van der Waals surface area contributed by atoms with E-state index in [1.165, 1.54) is 0 Å². The predicted octanol–water partition coefficient (Wildman–Crippen LogP) is 2.61. The highest BCUT2D eigenvalue weighted by Gasteiger charge is 2.44. The van der Waals surface area contributed by atoms with Crippen LogP contribution in [0.15, 0.2) is 0 Å². The fourth-order valence-electron chi connectivity index (χ4n) is 3.19. The first kappa shape index (κ1) is 16.0. The highest BCUT2D eigenvalue weighted by molar-refractivity contribution is 7.92. The summed E-state index contributed by atoms with van der Waals surface area (Å²) in [5.74, 6) is 0.597. The monoisotopic (exact) mass is 275 g/mol. The molecule has 0 aromatic carbocycles.